The highest BCUT2D eigenvalue weighted by atomic mass is 35.5. The SMILES string of the molecule is Cn1c2cc(Cl)ccc2c2c(CC(=O)OCc3ccccc3)nn(-c3ccccc3)c(=O)c21. The van der Waals surface area contributed by atoms with E-state index in [0.717, 1.165) is 16.5 Å². The molecule has 0 aliphatic carbocycles. The normalized spacial score (nSPS) is 11.2. The Hall–Kier alpha value is -3.90. The smallest absolute Gasteiger partial charge is 0.312 e. The quantitative estimate of drug-likeness (QED) is 0.355. The molecular formula is C26H20ClN3O3. The second-order valence-electron chi connectivity index (χ2n) is 7.77. The molecule has 5 aromatic rings. The van der Waals surface area contributed by atoms with Crippen molar-refractivity contribution in [3.8, 4) is 5.69 Å². The lowest BCUT2D eigenvalue weighted by Gasteiger charge is -2.10. The van der Waals surface area contributed by atoms with E-state index in [4.69, 9.17) is 16.3 Å². The number of esters is 1. The van der Waals surface area contributed by atoms with Crippen LogP contribution in [0.15, 0.2) is 83.7 Å². The fraction of sp³-hybridized carbons (Fsp3) is 0.115. The van der Waals surface area contributed by atoms with Crippen LogP contribution in [0.4, 0.5) is 0 Å². The van der Waals surface area contributed by atoms with Gasteiger partial charge in [0.05, 0.1) is 23.3 Å². The van der Waals surface area contributed by atoms with Crippen molar-refractivity contribution >= 4 is 39.4 Å². The van der Waals surface area contributed by atoms with Gasteiger partial charge in [0.1, 0.15) is 12.1 Å². The summed E-state index contributed by atoms with van der Waals surface area (Å²) in [5, 5.41) is 6.62. The van der Waals surface area contributed by atoms with E-state index in [9.17, 15) is 9.59 Å². The average molecular weight is 458 g/mol. The maximum absolute atomic E-state index is 13.5. The molecule has 0 unspecified atom stereocenters. The molecule has 7 heteroatoms. The van der Waals surface area contributed by atoms with Gasteiger partial charge in [-0.05, 0) is 29.8 Å². The van der Waals surface area contributed by atoms with E-state index in [1.807, 2.05) is 61.6 Å². The van der Waals surface area contributed by atoms with Crippen LogP contribution in [0.5, 0.6) is 0 Å². The molecule has 5 rings (SSSR count). The maximum atomic E-state index is 13.5. The maximum Gasteiger partial charge on any atom is 0.312 e. The first-order chi connectivity index (χ1) is 16.0. The number of para-hydroxylation sites is 1. The van der Waals surface area contributed by atoms with Crippen molar-refractivity contribution in [2.45, 2.75) is 13.0 Å². The monoisotopic (exact) mass is 457 g/mol. The summed E-state index contributed by atoms with van der Waals surface area (Å²) < 4.78 is 8.64. The van der Waals surface area contributed by atoms with E-state index in [2.05, 4.69) is 5.10 Å². The van der Waals surface area contributed by atoms with E-state index in [1.165, 1.54) is 4.68 Å². The second-order valence-corrected chi connectivity index (χ2v) is 8.20. The number of hydrogen-bond donors (Lipinski definition) is 0. The van der Waals surface area contributed by atoms with Gasteiger partial charge >= 0.3 is 5.97 Å². The molecule has 2 aromatic heterocycles. The third-order valence-corrected chi connectivity index (χ3v) is 5.86. The fourth-order valence-electron chi connectivity index (χ4n) is 4.06. The van der Waals surface area contributed by atoms with Crippen molar-refractivity contribution in [1.82, 2.24) is 14.3 Å². The zero-order valence-electron chi connectivity index (χ0n) is 17.9. The van der Waals surface area contributed by atoms with Gasteiger partial charge in [0.25, 0.3) is 5.56 Å². The lowest BCUT2D eigenvalue weighted by molar-refractivity contribution is -0.144. The number of aryl methyl sites for hydroxylation is 1. The highest BCUT2D eigenvalue weighted by molar-refractivity contribution is 6.31. The number of rotatable bonds is 5. The number of halogens is 1. The van der Waals surface area contributed by atoms with Crippen LogP contribution < -0.4 is 5.56 Å². The molecule has 0 saturated carbocycles. The highest BCUT2D eigenvalue weighted by Crippen LogP contribution is 2.30. The Bertz CT molecular complexity index is 1540. The number of fused-ring (bicyclic) bond motifs is 3. The molecule has 3 aromatic carbocycles. The topological polar surface area (TPSA) is 66.1 Å². The number of nitrogens with zero attached hydrogens (tertiary/aromatic N) is 3. The number of benzene rings is 3. The lowest BCUT2D eigenvalue weighted by Crippen LogP contribution is -2.25. The number of carbonyl (C=O) groups is 1. The summed E-state index contributed by atoms with van der Waals surface area (Å²) in [4.78, 5) is 26.3. The Balaban J connectivity index is 1.65. The van der Waals surface area contributed by atoms with Crippen molar-refractivity contribution < 1.29 is 9.53 Å². The van der Waals surface area contributed by atoms with E-state index in [0.29, 0.717) is 27.3 Å². The zero-order chi connectivity index (χ0) is 22.9. The van der Waals surface area contributed by atoms with Crippen LogP contribution in [0.2, 0.25) is 5.02 Å². The minimum Gasteiger partial charge on any atom is -0.461 e. The molecule has 0 radical (unpaired) electrons. The molecule has 0 N–H and O–H groups in total. The van der Waals surface area contributed by atoms with Gasteiger partial charge in [-0.15, -0.1) is 0 Å². The van der Waals surface area contributed by atoms with E-state index in [-0.39, 0.29) is 18.6 Å². The van der Waals surface area contributed by atoms with Crippen LogP contribution in [0, 0.1) is 0 Å². The molecule has 164 valence electrons. The van der Waals surface area contributed by atoms with Gasteiger partial charge in [0.15, 0.2) is 0 Å². The molecule has 33 heavy (non-hydrogen) atoms. The molecule has 2 heterocycles. The largest absolute Gasteiger partial charge is 0.461 e. The summed E-state index contributed by atoms with van der Waals surface area (Å²) in [6, 6.07) is 24.1. The number of aromatic nitrogens is 3. The molecule has 0 fully saturated rings. The Kier molecular flexibility index (Phi) is 5.44. The standard InChI is InChI=1S/C26H20ClN3O3/c1-29-22-14-18(27)12-13-20(22)24-21(15-23(31)33-16-17-8-4-2-5-9-17)28-30(26(32)25(24)29)19-10-6-3-7-11-19/h2-14H,15-16H2,1H3. The molecule has 0 spiro atoms. The first-order valence-corrected chi connectivity index (χ1v) is 10.9. The molecule has 0 aliphatic heterocycles. The van der Waals surface area contributed by atoms with Crippen molar-refractivity contribution in [1.29, 1.82) is 0 Å². The molecule has 0 amide bonds. The number of hydrogen-bond acceptors (Lipinski definition) is 4. The minimum absolute atomic E-state index is 0.0712. The van der Waals surface area contributed by atoms with Crippen LogP contribution in [0.25, 0.3) is 27.5 Å². The van der Waals surface area contributed by atoms with Crippen LogP contribution in [-0.2, 0) is 29.6 Å². The van der Waals surface area contributed by atoms with E-state index in [1.54, 1.807) is 28.8 Å². The van der Waals surface area contributed by atoms with Gasteiger partial charge in [0, 0.05) is 22.8 Å². The van der Waals surface area contributed by atoms with Crippen molar-refractivity contribution in [2.24, 2.45) is 7.05 Å². The lowest BCUT2D eigenvalue weighted by atomic mass is 10.1. The fourth-order valence-corrected chi connectivity index (χ4v) is 4.23. The van der Waals surface area contributed by atoms with Crippen molar-refractivity contribution in [3.63, 3.8) is 0 Å². The summed E-state index contributed by atoms with van der Waals surface area (Å²) in [7, 11) is 1.81. The number of carbonyl (C=O) groups excluding carboxylic acids is 1. The predicted molar refractivity (Wildman–Crippen MR) is 129 cm³/mol. The second kappa shape index (κ2) is 8.56. The van der Waals surface area contributed by atoms with Gasteiger partial charge in [-0.2, -0.15) is 9.78 Å². The van der Waals surface area contributed by atoms with Crippen LogP contribution in [-0.4, -0.2) is 20.3 Å². The minimum atomic E-state index is -0.420. The molecule has 6 nitrogen and oxygen atoms in total. The Morgan fingerprint density at radius 2 is 1.70 bits per heavy atom. The molecule has 0 aliphatic rings. The molecule has 0 atom stereocenters. The van der Waals surface area contributed by atoms with Gasteiger partial charge in [-0.1, -0.05) is 66.2 Å². The van der Waals surface area contributed by atoms with E-state index >= 15 is 0 Å². The van der Waals surface area contributed by atoms with Crippen LogP contribution >= 0.6 is 11.6 Å². The van der Waals surface area contributed by atoms with Gasteiger partial charge in [-0.3, -0.25) is 9.59 Å². The van der Waals surface area contributed by atoms with Crippen LogP contribution in [0.1, 0.15) is 11.3 Å². The first-order valence-electron chi connectivity index (χ1n) is 10.5. The summed E-state index contributed by atoms with van der Waals surface area (Å²) in [6.07, 6.45) is -0.0712. The molecule has 0 bridgehead atoms. The third-order valence-electron chi connectivity index (χ3n) is 5.62. The highest BCUT2D eigenvalue weighted by Gasteiger charge is 2.21. The van der Waals surface area contributed by atoms with Crippen molar-refractivity contribution in [2.75, 3.05) is 0 Å². The van der Waals surface area contributed by atoms with Gasteiger partial charge in [0.2, 0.25) is 0 Å². The van der Waals surface area contributed by atoms with Crippen LogP contribution in [0.3, 0.4) is 0 Å². The molecular weight excluding hydrogens is 438 g/mol. The first kappa shape index (κ1) is 21.0. The average Bonchev–Trinajstić information content (AvgIpc) is 3.13. The summed E-state index contributed by atoms with van der Waals surface area (Å²) in [6.45, 7) is 0.173. The molecule has 0 saturated heterocycles. The van der Waals surface area contributed by atoms with Gasteiger partial charge < -0.3 is 9.30 Å². The summed E-state index contributed by atoms with van der Waals surface area (Å²) >= 11 is 6.22. The number of ether oxygens (including phenoxy) is 1. The third kappa shape index (κ3) is 3.90. The Labute approximate surface area is 194 Å². The Morgan fingerprint density at radius 3 is 2.42 bits per heavy atom. The summed E-state index contributed by atoms with van der Waals surface area (Å²) in [5.41, 5.74) is 2.97. The predicted octanol–water partition coefficient (Wildman–Crippen LogP) is 4.82. The van der Waals surface area contributed by atoms with E-state index < -0.39 is 5.97 Å². The zero-order valence-corrected chi connectivity index (χ0v) is 18.6. The summed E-state index contributed by atoms with van der Waals surface area (Å²) in [5.74, 6) is -0.420. The van der Waals surface area contributed by atoms with Gasteiger partial charge in [-0.25, -0.2) is 0 Å². The van der Waals surface area contributed by atoms with Crippen molar-refractivity contribution in [3.05, 3.63) is 105 Å². The Morgan fingerprint density at radius 1 is 1.00 bits per heavy atom.